The summed E-state index contributed by atoms with van der Waals surface area (Å²) >= 11 is 5.88. The van der Waals surface area contributed by atoms with Crippen molar-refractivity contribution in [2.24, 2.45) is 0 Å². The first kappa shape index (κ1) is 15.1. The van der Waals surface area contributed by atoms with Gasteiger partial charge in [0.25, 0.3) is 0 Å². The molecule has 1 aromatic carbocycles. The molecular formula is C15H21ClN2O2. The smallest absolute Gasteiger partial charge is 0.315 e. The highest BCUT2D eigenvalue weighted by Crippen LogP contribution is 2.21. The molecule has 110 valence electrons. The van der Waals surface area contributed by atoms with Crippen molar-refractivity contribution in [1.82, 2.24) is 10.6 Å². The Morgan fingerprint density at radius 2 is 2.10 bits per heavy atom. The van der Waals surface area contributed by atoms with Gasteiger partial charge in [-0.3, -0.25) is 0 Å². The maximum atomic E-state index is 12.0. The minimum absolute atomic E-state index is 0.152. The number of rotatable bonds is 4. The lowest BCUT2D eigenvalue weighted by molar-refractivity contribution is 0.111. The number of nitrogens with one attached hydrogen (secondary N) is 2. The van der Waals surface area contributed by atoms with Gasteiger partial charge in [0.1, 0.15) is 0 Å². The van der Waals surface area contributed by atoms with Gasteiger partial charge in [0.05, 0.1) is 11.6 Å². The van der Waals surface area contributed by atoms with Gasteiger partial charge in [0.2, 0.25) is 0 Å². The summed E-state index contributed by atoms with van der Waals surface area (Å²) in [6.45, 7) is 5.27. The minimum atomic E-state index is -0.453. The molecule has 0 aromatic heterocycles. The van der Waals surface area contributed by atoms with Gasteiger partial charge in [-0.1, -0.05) is 23.7 Å². The Labute approximate surface area is 124 Å². The highest BCUT2D eigenvalue weighted by Gasteiger charge is 2.23. The molecule has 20 heavy (non-hydrogen) atoms. The summed E-state index contributed by atoms with van der Waals surface area (Å²) in [6.07, 6.45) is 2.24. The number of hydrogen-bond acceptors (Lipinski definition) is 2. The topological polar surface area (TPSA) is 50.4 Å². The second-order valence-corrected chi connectivity index (χ2v) is 6.04. The molecule has 1 aromatic rings. The van der Waals surface area contributed by atoms with Crippen LogP contribution in [0.15, 0.2) is 24.3 Å². The van der Waals surface area contributed by atoms with Crippen molar-refractivity contribution in [3.05, 3.63) is 34.9 Å². The number of ether oxygens (including phenoxy) is 1. The van der Waals surface area contributed by atoms with E-state index in [4.69, 9.17) is 16.3 Å². The van der Waals surface area contributed by atoms with Crippen LogP contribution in [0.1, 0.15) is 32.3 Å². The molecular weight excluding hydrogens is 276 g/mol. The second kappa shape index (κ2) is 6.46. The van der Waals surface area contributed by atoms with Crippen LogP contribution in [0.25, 0.3) is 0 Å². The first-order chi connectivity index (χ1) is 9.47. The molecule has 4 nitrogen and oxygen atoms in total. The summed E-state index contributed by atoms with van der Waals surface area (Å²) < 4.78 is 5.47. The van der Waals surface area contributed by atoms with Crippen molar-refractivity contribution in [1.29, 1.82) is 0 Å². The largest absolute Gasteiger partial charge is 0.376 e. The van der Waals surface area contributed by atoms with E-state index in [0.717, 1.165) is 25.0 Å². The van der Waals surface area contributed by atoms with Gasteiger partial charge >= 0.3 is 6.03 Å². The van der Waals surface area contributed by atoms with Crippen molar-refractivity contribution in [2.45, 2.75) is 38.3 Å². The van der Waals surface area contributed by atoms with Crippen molar-refractivity contribution in [2.75, 3.05) is 13.2 Å². The highest BCUT2D eigenvalue weighted by atomic mass is 35.5. The van der Waals surface area contributed by atoms with Crippen molar-refractivity contribution in [3.63, 3.8) is 0 Å². The Bertz CT molecular complexity index is 453. The molecule has 1 unspecified atom stereocenters. The number of carbonyl (C=O) groups is 1. The Balaban J connectivity index is 1.86. The molecule has 1 fully saturated rings. The highest BCUT2D eigenvalue weighted by molar-refractivity contribution is 6.30. The second-order valence-electron chi connectivity index (χ2n) is 5.60. The standard InChI is InChI=1S/C15H21ClN2O2/c1-15(2,11-5-7-12(16)8-6-11)18-14(19)17-10-13-4-3-9-20-13/h5-8,13H,3-4,9-10H2,1-2H3,(H2,17,18,19). The Kier molecular flexibility index (Phi) is 4.89. The molecule has 1 aliphatic rings. The molecule has 1 saturated heterocycles. The van der Waals surface area contributed by atoms with E-state index in [1.807, 2.05) is 38.1 Å². The van der Waals surface area contributed by atoms with Crippen LogP contribution in [0.3, 0.4) is 0 Å². The summed E-state index contributed by atoms with van der Waals surface area (Å²) in [5.74, 6) is 0. The van der Waals surface area contributed by atoms with Gasteiger partial charge in [-0.15, -0.1) is 0 Å². The van der Waals surface area contributed by atoms with Crippen LogP contribution in [0.5, 0.6) is 0 Å². The molecule has 0 saturated carbocycles. The van der Waals surface area contributed by atoms with Gasteiger partial charge in [-0.25, -0.2) is 4.79 Å². The van der Waals surface area contributed by atoms with E-state index in [1.54, 1.807) is 0 Å². The van der Waals surface area contributed by atoms with Crippen molar-refractivity contribution < 1.29 is 9.53 Å². The van der Waals surface area contributed by atoms with E-state index in [-0.39, 0.29) is 12.1 Å². The summed E-state index contributed by atoms with van der Waals surface area (Å²) in [5.41, 5.74) is 0.555. The molecule has 0 spiro atoms. The van der Waals surface area contributed by atoms with Crippen LogP contribution in [0, 0.1) is 0 Å². The predicted octanol–water partition coefficient (Wildman–Crippen LogP) is 3.05. The minimum Gasteiger partial charge on any atom is -0.376 e. The Morgan fingerprint density at radius 3 is 2.70 bits per heavy atom. The fraction of sp³-hybridized carbons (Fsp3) is 0.533. The third kappa shape index (κ3) is 4.12. The lowest BCUT2D eigenvalue weighted by atomic mass is 9.94. The zero-order chi connectivity index (χ0) is 14.6. The van der Waals surface area contributed by atoms with Gasteiger partial charge in [0, 0.05) is 18.2 Å². The number of carbonyl (C=O) groups excluding carboxylic acids is 1. The van der Waals surface area contributed by atoms with E-state index in [2.05, 4.69) is 10.6 Å². The van der Waals surface area contributed by atoms with Crippen LogP contribution in [0.4, 0.5) is 4.79 Å². The van der Waals surface area contributed by atoms with Crippen molar-refractivity contribution in [3.8, 4) is 0 Å². The first-order valence-corrected chi connectivity index (χ1v) is 7.29. The summed E-state index contributed by atoms with van der Waals surface area (Å²) in [6, 6.07) is 7.31. The number of urea groups is 1. The predicted molar refractivity (Wildman–Crippen MR) is 80.0 cm³/mol. The molecule has 1 aliphatic heterocycles. The Morgan fingerprint density at radius 1 is 1.40 bits per heavy atom. The number of benzene rings is 1. The monoisotopic (exact) mass is 296 g/mol. The Hall–Kier alpha value is -1.26. The molecule has 1 atom stereocenters. The summed E-state index contributed by atoms with van der Waals surface area (Å²) in [5, 5.41) is 6.52. The lowest BCUT2D eigenvalue weighted by Crippen LogP contribution is -2.48. The van der Waals surface area contributed by atoms with E-state index < -0.39 is 5.54 Å². The molecule has 2 amide bonds. The van der Waals surface area contributed by atoms with E-state index in [0.29, 0.717) is 11.6 Å². The quantitative estimate of drug-likeness (QED) is 0.897. The number of amides is 2. The zero-order valence-corrected chi connectivity index (χ0v) is 12.7. The van der Waals surface area contributed by atoms with Crippen molar-refractivity contribution >= 4 is 17.6 Å². The van der Waals surface area contributed by atoms with Gasteiger partial charge < -0.3 is 15.4 Å². The van der Waals surface area contributed by atoms with E-state index in [1.165, 1.54) is 0 Å². The fourth-order valence-electron chi connectivity index (χ4n) is 2.28. The summed E-state index contributed by atoms with van der Waals surface area (Å²) in [7, 11) is 0. The fourth-order valence-corrected chi connectivity index (χ4v) is 2.40. The maximum absolute atomic E-state index is 12.0. The molecule has 1 heterocycles. The van der Waals surface area contributed by atoms with E-state index >= 15 is 0 Å². The van der Waals surface area contributed by atoms with Crippen LogP contribution >= 0.6 is 11.6 Å². The van der Waals surface area contributed by atoms with Gasteiger partial charge in [-0.2, -0.15) is 0 Å². The third-order valence-electron chi connectivity index (χ3n) is 3.51. The molecule has 0 aliphatic carbocycles. The number of halogens is 1. The SMILES string of the molecule is CC(C)(NC(=O)NCC1CCCO1)c1ccc(Cl)cc1. The zero-order valence-electron chi connectivity index (χ0n) is 11.9. The third-order valence-corrected chi connectivity index (χ3v) is 3.76. The normalized spacial score (nSPS) is 18.9. The average molecular weight is 297 g/mol. The lowest BCUT2D eigenvalue weighted by Gasteiger charge is -2.27. The maximum Gasteiger partial charge on any atom is 0.315 e. The van der Waals surface area contributed by atoms with Crippen LogP contribution < -0.4 is 10.6 Å². The molecule has 5 heteroatoms. The number of hydrogen-bond donors (Lipinski definition) is 2. The first-order valence-electron chi connectivity index (χ1n) is 6.91. The molecule has 2 N–H and O–H groups in total. The molecule has 0 radical (unpaired) electrons. The average Bonchev–Trinajstić information content (AvgIpc) is 2.89. The summed E-state index contributed by atoms with van der Waals surface area (Å²) in [4.78, 5) is 12.0. The molecule has 2 rings (SSSR count). The van der Waals surface area contributed by atoms with Gasteiger partial charge in [-0.05, 0) is 44.4 Å². The van der Waals surface area contributed by atoms with Crippen LogP contribution in [-0.4, -0.2) is 25.3 Å². The van der Waals surface area contributed by atoms with E-state index in [9.17, 15) is 4.79 Å². The van der Waals surface area contributed by atoms with Crippen LogP contribution in [0.2, 0.25) is 5.02 Å². The molecule has 0 bridgehead atoms. The van der Waals surface area contributed by atoms with Gasteiger partial charge in [0.15, 0.2) is 0 Å². The van der Waals surface area contributed by atoms with Crippen LogP contribution in [-0.2, 0) is 10.3 Å².